The van der Waals surface area contributed by atoms with E-state index in [2.05, 4.69) is 0 Å². The molecule has 0 atom stereocenters. The van der Waals surface area contributed by atoms with Crippen LogP contribution in [0.25, 0.3) is 0 Å². The van der Waals surface area contributed by atoms with Crippen LogP contribution in [0.5, 0.6) is 0 Å². The molecule has 0 aliphatic carbocycles. The maximum atomic E-state index is 14.1. The van der Waals surface area contributed by atoms with Crippen LogP contribution in [0.2, 0.25) is 0 Å². The molecule has 0 aromatic heterocycles. The number of carboxylic acids is 1. The van der Waals surface area contributed by atoms with E-state index in [9.17, 15) is 53.5 Å². The minimum Gasteiger partial charge on any atom is -0.474 e. The molecule has 158 valence electrons. The summed E-state index contributed by atoms with van der Waals surface area (Å²) >= 11 is 0. The number of carbonyl (C=O) groups is 2. The molecule has 0 aliphatic heterocycles. The zero-order valence-corrected chi connectivity index (χ0v) is 13.2. The standard InChI is InChI=1S/C13H8F10N2O3/c1-4-2-5(10(14,12(18,19)20)13(21,22)23)3-6(11(15,16)17)7(4)24-25-8(26)9(27)28/h2-3,24H,1H3,(H,25,26)(H,27,28). The van der Waals surface area contributed by atoms with E-state index in [-0.39, 0.29) is 6.07 Å². The maximum Gasteiger partial charge on any atom is 0.435 e. The zero-order chi connectivity index (χ0) is 22.3. The molecule has 3 N–H and O–H groups in total. The Morgan fingerprint density at radius 2 is 1.36 bits per heavy atom. The fraction of sp³-hybridized carbons (Fsp3) is 0.385. The molecular weight excluding hydrogens is 422 g/mol. The number of benzene rings is 1. The molecular formula is C13H8F10N2O3. The van der Waals surface area contributed by atoms with E-state index in [1.54, 1.807) is 0 Å². The number of halogens is 10. The lowest BCUT2D eigenvalue weighted by Crippen LogP contribution is -2.50. The lowest BCUT2D eigenvalue weighted by molar-refractivity contribution is -0.348. The molecule has 1 amide bonds. The van der Waals surface area contributed by atoms with Crippen LogP contribution in [0.1, 0.15) is 16.7 Å². The summed E-state index contributed by atoms with van der Waals surface area (Å²) in [6.45, 7) is 0.584. The highest BCUT2D eigenvalue weighted by Gasteiger charge is 2.73. The van der Waals surface area contributed by atoms with Crippen LogP contribution < -0.4 is 10.9 Å². The molecule has 0 spiro atoms. The molecule has 0 radical (unpaired) electrons. The predicted octanol–water partition coefficient (Wildman–Crippen LogP) is 3.83. The number of hydrogen-bond acceptors (Lipinski definition) is 3. The number of carboxylic acid groups (broad SMARTS) is 1. The van der Waals surface area contributed by atoms with Crippen LogP contribution in [-0.4, -0.2) is 29.3 Å². The Labute approximate surface area is 148 Å². The van der Waals surface area contributed by atoms with Crippen molar-refractivity contribution < 1.29 is 58.6 Å². The Hall–Kier alpha value is -2.74. The molecule has 1 aromatic rings. The van der Waals surface area contributed by atoms with Crippen molar-refractivity contribution in [3.63, 3.8) is 0 Å². The number of aliphatic carboxylic acids is 1. The van der Waals surface area contributed by atoms with Gasteiger partial charge in [0.15, 0.2) is 0 Å². The van der Waals surface area contributed by atoms with Gasteiger partial charge in [0.1, 0.15) is 0 Å². The van der Waals surface area contributed by atoms with Gasteiger partial charge in [0, 0.05) is 5.56 Å². The SMILES string of the molecule is Cc1cc(C(F)(C(F)(F)F)C(F)(F)F)cc(C(F)(F)F)c1NNC(=O)C(=O)O. The van der Waals surface area contributed by atoms with Gasteiger partial charge in [-0.3, -0.25) is 15.6 Å². The minimum atomic E-state index is -6.65. The number of nitrogens with one attached hydrogen (secondary N) is 2. The molecule has 1 rings (SSSR count). The Balaban J connectivity index is 3.69. The highest BCUT2D eigenvalue weighted by Crippen LogP contribution is 2.54. The third kappa shape index (κ3) is 4.22. The number of hydrazine groups is 1. The normalized spacial score (nSPS) is 13.2. The number of alkyl halides is 10. The first-order valence-corrected chi connectivity index (χ1v) is 6.68. The maximum absolute atomic E-state index is 14.1. The molecule has 0 heterocycles. The van der Waals surface area contributed by atoms with Crippen molar-refractivity contribution in [1.82, 2.24) is 5.43 Å². The van der Waals surface area contributed by atoms with Gasteiger partial charge in [0.2, 0.25) is 0 Å². The van der Waals surface area contributed by atoms with Crippen molar-refractivity contribution >= 4 is 17.6 Å². The van der Waals surface area contributed by atoms with Crippen molar-refractivity contribution in [3.8, 4) is 0 Å². The van der Waals surface area contributed by atoms with E-state index in [0.29, 0.717) is 6.92 Å². The van der Waals surface area contributed by atoms with E-state index in [1.807, 2.05) is 0 Å². The number of carbonyl (C=O) groups excluding carboxylic acids is 1. The van der Waals surface area contributed by atoms with Crippen molar-refractivity contribution in [1.29, 1.82) is 0 Å². The second-order valence-corrected chi connectivity index (χ2v) is 5.25. The van der Waals surface area contributed by atoms with Crippen molar-refractivity contribution in [2.75, 3.05) is 5.43 Å². The van der Waals surface area contributed by atoms with E-state index in [0.717, 1.165) is 0 Å². The van der Waals surface area contributed by atoms with Crippen LogP contribution in [0, 0.1) is 6.92 Å². The van der Waals surface area contributed by atoms with Crippen LogP contribution in [-0.2, 0) is 21.4 Å². The zero-order valence-electron chi connectivity index (χ0n) is 13.2. The number of rotatable bonds is 3. The van der Waals surface area contributed by atoms with Gasteiger partial charge >= 0.3 is 36.1 Å². The summed E-state index contributed by atoms with van der Waals surface area (Å²) in [5, 5.41) is 8.31. The molecule has 5 nitrogen and oxygen atoms in total. The largest absolute Gasteiger partial charge is 0.474 e. The van der Waals surface area contributed by atoms with Crippen molar-refractivity contribution in [2.24, 2.45) is 0 Å². The Bertz CT molecular complexity index is 768. The smallest absolute Gasteiger partial charge is 0.435 e. The predicted molar refractivity (Wildman–Crippen MR) is 70.5 cm³/mol. The first-order valence-electron chi connectivity index (χ1n) is 6.68. The van der Waals surface area contributed by atoms with Gasteiger partial charge in [-0.2, -0.15) is 39.5 Å². The molecule has 15 heteroatoms. The van der Waals surface area contributed by atoms with Crippen LogP contribution in [0.4, 0.5) is 49.6 Å². The fourth-order valence-electron chi connectivity index (χ4n) is 2.04. The first-order chi connectivity index (χ1) is 12.3. The lowest BCUT2D eigenvalue weighted by atomic mass is 9.90. The molecule has 0 fully saturated rings. The molecule has 0 saturated carbocycles. The highest BCUT2D eigenvalue weighted by atomic mass is 19.4. The number of anilines is 1. The molecule has 0 saturated heterocycles. The van der Waals surface area contributed by atoms with Crippen LogP contribution >= 0.6 is 0 Å². The number of hydrogen-bond donors (Lipinski definition) is 3. The van der Waals surface area contributed by atoms with Gasteiger partial charge in [-0.05, 0) is 18.6 Å². The molecule has 28 heavy (non-hydrogen) atoms. The summed E-state index contributed by atoms with van der Waals surface area (Å²) < 4.78 is 130. The molecule has 0 bridgehead atoms. The van der Waals surface area contributed by atoms with Crippen molar-refractivity contribution in [3.05, 3.63) is 28.8 Å². The Kier molecular flexibility index (Phi) is 5.84. The third-order valence-electron chi connectivity index (χ3n) is 3.32. The van der Waals surface area contributed by atoms with Gasteiger partial charge in [-0.1, -0.05) is 6.07 Å². The second-order valence-electron chi connectivity index (χ2n) is 5.25. The summed E-state index contributed by atoms with van der Waals surface area (Å²) in [5.74, 6) is -4.05. The second kappa shape index (κ2) is 7.01. The third-order valence-corrected chi connectivity index (χ3v) is 3.32. The van der Waals surface area contributed by atoms with E-state index >= 15 is 0 Å². The molecule has 1 aromatic carbocycles. The molecule has 0 unspecified atom stereocenters. The van der Waals surface area contributed by atoms with Crippen molar-refractivity contribution in [2.45, 2.75) is 31.1 Å². The topological polar surface area (TPSA) is 78.4 Å². The lowest BCUT2D eigenvalue weighted by Gasteiger charge is -2.31. The van der Waals surface area contributed by atoms with E-state index in [1.165, 1.54) is 10.9 Å². The Morgan fingerprint density at radius 3 is 1.71 bits per heavy atom. The quantitative estimate of drug-likeness (QED) is 0.387. The Morgan fingerprint density at radius 1 is 0.893 bits per heavy atom. The van der Waals surface area contributed by atoms with Gasteiger partial charge in [0.25, 0.3) is 0 Å². The fourth-order valence-corrected chi connectivity index (χ4v) is 2.04. The summed E-state index contributed by atoms with van der Waals surface area (Å²) in [7, 11) is 0. The summed E-state index contributed by atoms with van der Waals surface area (Å²) in [4.78, 5) is 21.2. The summed E-state index contributed by atoms with van der Waals surface area (Å²) in [6.07, 6.45) is -18.9. The van der Waals surface area contributed by atoms with E-state index < -0.39 is 64.5 Å². The van der Waals surface area contributed by atoms with E-state index in [4.69, 9.17) is 5.11 Å². The highest BCUT2D eigenvalue weighted by molar-refractivity contribution is 6.31. The van der Waals surface area contributed by atoms with Crippen LogP contribution in [0.15, 0.2) is 12.1 Å². The average molecular weight is 430 g/mol. The minimum absolute atomic E-state index is 0.161. The van der Waals surface area contributed by atoms with Crippen LogP contribution in [0.3, 0.4) is 0 Å². The van der Waals surface area contributed by atoms with Gasteiger partial charge in [-0.25, -0.2) is 9.18 Å². The summed E-state index contributed by atoms with van der Waals surface area (Å²) in [6, 6.07) is -0.894. The van der Waals surface area contributed by atoms with Gasteiger partial charge in [-0.15, -0.1) is 0 Å². The number of amides is 1. The van der Waals surface area contributed by atoms with Gasteiger partial charge in [0.05, 0.1) is 11.3 Å². The monoisotopic (exact) mass is 430 g/mol. The summed E-state index contributed by atoms with van der Waals surface area (Å²) in [5.41, 5.74) is -10.3. The number of aryl methyl sites for hydroxylation is 1. The van der Waals surface area contributed by atoms with Gasteiger partial charge < -0.3 is 5.11 Å². The molecule has 0 aliphatic rings. The average Bonchev–Trinajstić information content (AvgIpc) is 2.48. The first kappa shape index (κ1) is 23.3.